The van der Waals surface area contributed by atoms with Crippen molar-refractivity contribution in [3.8, 4) is 5.75 Å². The Balaban J connectivity index is 1.63. The molecule has 1 fully saturated rings. The average molecular weight is 511 g/mol. The largest absolute Gasteiger partial charge is 0.497 e. The monoisotopic (exact) mass is 510 g/mol. The molecule has 0 radical (unpaired) electrons. The number of carboxylic acids is 1. The summed E-state index contributed by atoms with van der Waals surface area (Å²) in [6, 6.07) is 5.38. The molecule has 34 heavy (non-hydrogen) atoms. The van der Waals surface area contributed by atoms with Crippen LogP contribution in [0.1, 0.15) is 57.2 Å². The van der Waals surface area contributed by atoms with Gasteiger partial charge in [0.15, 0.2) is 0 Å². The Bertz CT molecular complexity index is 948. The zero-order chi connectivity index (χ0) is 24.5. The third-order valence-corrected chi connectivity index (χ3v) is 8.13. The summed E-state index contributed by atoms with van der Waals surface area (Å²) >= 11 is 8.35. The molecule has 0 spiro atoms. The number of ether oxygens (including phenoxy) is 1. The van der Waals surface area contributed by atoms with Gasteiger partial charge in [-0.2, -0.15) is 11.8 Å². The van der Waals surface area contributed by atoms with Crippen molar-refractivity contribution in [1.29, 1.82) is 0 Å². The van der Waals surface area contributed by atoms with Gasteiger partial charge in [0.05, 0.1) is 17.6 Å². The summed E-state index contributed by atoms with van der Waals surface area (Å²) in [6.07, 6.45) is 4.70. The zero-order valence-corrected chi connectivity index (χ0v) is 21.7. The molecule has 0 bridgehead atoms. The number of carboxylic acid groups (broad SMARTS) is 1. The Morgan fingerprint density at radius 1 is 1.38 bits per heavy atom. The van der Waals surface area contributed by atoms with Crippen molar-refractivity contribution in [2.75, 3.05) is 38.2 Å². The lowest BCUT2D eigenvalue weighted by atomic mass is 9.79. The van der Waals surface area contributed by atoms with E-state index in [1.54, 1.807) is 25.3 Å². The lowest BCUT2D eigenvalue weighted by Crippen LogP contribution is -2.42. The molecule has 3 unspecified atom stereocenters. The molecule has 1 aromatic heterocycles. The first kappa shape index (κ1) is 27.0. The molecular weight excluding hydrogens is 475 g/mol. The van der Waals surface area contributed by atoms with Crippen molar-refractivity contribution >= 4 is 40.2 Å². The predicted molar refractivity (Wildman–Crippen MR) is 139 cm³/mol. The highest BCUT2D eigenvalue weighted by atomic mass is 35.5. The van der Waals surface area contributed by atoms with Crippen molar-refractivity contribution in [2.45, 2.75) is 51.6 Å². The van der Waals surface area contributed by atoms with Crippen molar-refractivity contribution in [1.82, 2.24) is 9.88 Å². The number of hydrogen-bond donors (Lipinski definition) is 1. The highest BCUT2D eigenvalue weighted by molar-refractivity contribution is 7.99. The number of methoxy groups -OCH3 is 1. The summed E-state index contributed by atoms with van der Waals surface area (Å²) in [7, 11) is 1.57. The number of unbranched alkanes of at least 4 members (excludes halogenated alkanes) is 1. The van der Waals surface area contributed by atoms with Gasteiger partial charge >= 0.3 is 5.97 Å². The van der Waals surface area contributed by atoms with Gasteiger partial charge in [-0.1, -0.05) is 24.9 Å². The molecule has 1 aromatic carbocycles. The molecule has 0 saturated carbocycles. The van der Waals surface area contributed by atoms with Gasteiger partial charge < -0.3 is 14.7 Å². The number of aromatic nitrogens is 1. The number of halogens is 2. The summed E-state index contributed by atoms with van der Waals surface area (Å²) in [4.78, 5) is 18.2. The molecule has 3 atom stereocenters. The number of hydrogen-bond acceptors (Lipinski definition) is 5. The van der Waals surface area contributed by atoms with Gasteiger partial charge in [-0.15, -0.1) is 0 Å². The second-order valence-corrected chi connectivity index (χ2v) is 10.8. The first-order chi connectivity index (χ1) is 16.4. The Morgan fingerprint density at radius 2 is 2.21 bits per heavy atom. The number of rotatable bonds is 13. The van der Waals surface area contributed by atoms with E-state index in [0.29, 0.717) is 40.1 Å². The van der Waals surface area contributed by atoms with Gasteiger partial charge in [0.2, 0.25) is 0 Å². The van der Waals surface area contributed by atoms with Crippen LogP contribution in [0.5, 0.6) is 5.75 Å². The third kappa shape index (κ3) is 7.46. The molecule has 1 aliphatic rings. The first-order valence-corrected chi connectivity index (χ1v) is 13.7. The Morgan fingerprint density at radius 3 is 2.94 bits per heavy atom. The smallest absolute Gasteiger partial charge is 0.303 e. The molecule has 188 valence electrons. The molecule has 0 amide bonds. The van der Waals surface area contributed by atoms with Crippen LogP contribution in [0.3, 0.4) is 0 Å². The maximum atomic E-state index is 15.6. The number of aliphatic carboxylic acids is 1. The highest BCUT2D eigenvalue weighted by Crippen LogP contribution is 2.39. The third-order valence-electron chi connectivity index (χ3n) is 6.78. The number of piperidine rings is 1. The van der Waals surface area contributed by atoms with Gasteiger partial charge in [-0.3, -0.25) is 9.78 Å². The summed E-state index contributed by atoms with van der Waals surface area (Å²) in [5, 5.41) is 10.4. The number of carbonyl (C=O) groups is 1. The minimum atomic E-state index is -1.25. The van der Waals surface area contributed by atoms with E-state index >= 15 is 4.39 Å². The zero-order valence-electron chi connectivity index (χ0n) is 20.1. The summed E-state index contributed by atoms with van der Waals surface area (Å²) < 4.78 is 20.9. The second kappa shape index (κ2) is 13.5. The van der Waals surface area contributed by atoms with E-state index in [2.05, 4.69) is 16.8 Å². The molecule has 2 heterocycles. The number of fused-ring (bicyclic) bond motifs is 1. The van der Waals surface area contributed by atoms with E-state index < -0.39 is 12.1 Å². The van der Waals surface area contributed by atoms with Crippen LogP contribution in [-0.2, 0) is 4.79 Å². The molecule has 1 saturated heterocycles. The standard InChI is InChI=1S/C26H36ClFN2O3S/c1-3-4-12-34-13-11-30-10-9-18(19(17-30)14-25(31)32)5-7-23(28)26-21-15-20(33-2)6-8-24(21)29-16-22(26)27/h6,8,15-16,18-19,23H,3-5,7,9-14,17H2,1-2H3,(H,31,32). The molecule has 5 nitrogen and oxygen atoms in total. The summed E-state index contributed by atoms with van der Waals surface area (Å²) in [6.45, 7) is 4.91. The fourth-order valence-corrected chi connectivity index (χ4v) is 6.21. The van der Waals surface area contributed by atoms with E-state index in [1.807, 2.05) is 11.8 Å². The van der Waals surface area contributed by atoms with Crippen LogP contribution in [0.15, 0.2) is 24.4 Å². The van der Waals surface area contributed by atoms with Crippen LogP contribution in [0.2, 0.25) is 5.02 Å². The maximum Gasteiger partial charge on any atom is 0.303 e. The van der Waals surface area contributed by atoms with Gasteiger partial charge in [0, 0.05) is 42.4 Å². The first-order valence-electron chi connectivity index (χ1n) is 12.2. The van der Waals surface area contributed by atoms with Crippen LogP contribution in [-0.4, -0.2) is 59.2 Å². The van der Waals surface area contributed by atoms with Crippen LogP contribution < -0.4 is 4.74 Å². The number of benzene rings is 1. The van der Waals surface area contributed by atoms with Crippen molar-refractivity contribution in [3.63, 3.8) is 0 Å². The van der Waals surface area contributed by atoms with Crippen LogP contribution >= 0.6 is 23.4 Å². The SMILES string of the molecule is CCCCSCCN1CCC(CCC(F)c2c(Cl)cnc3ccc(OC)cc23)C(CC(=O)O)C1. The van der Waals surface area contributed by atoms with Crippen molar-refractivity contribution in [3.05, 3.63) is 35.0 Å². The topological polar surface area (TPSA) is 62.7 Å². The lowest BCUT2D eigenvalue weighted by Gasteiger charge is -2.38. The van der Waals surface area contributed by atoms with E-state index in [1.165, 1.54) is 24.8 Å². The quantitative estimate of drug-likeness (QED) is 0.305. The molecule has 3 rings (SSSR count). The van der Waals surface area contributed by atoms with Crippen LogP contribution in [0.4, 0.5) is 4.39 Å². The van der Waals surface area contributed by atoms with E-state index in [0.717, 1.165) is 31.8 Å². The Kier molecular flexibility index (Phi) is 10.7. The molecule has 1 aliphatic heterocycles. The fourth-order valence-electron chi connectivity index (χ4n) is 4.85. The van der Waals surface area contributed by atoms with Crippen molar-refractivity contribution < 1.29 is 19.0 Å². The normalized spacial score (nSPS) is 19.9. The number of thioether (sulfide) groups is 1. The number of likely N-dealkylation sites (tertiary alicyclic amines) is 1. The molecule has 8 heteroatoms. The molecule has 0 aliphatic carbocycles. The summed E-state index contributed by atoms with van der Waals surface area (Å²) in [5.74, 6) is 2.35. The average Bonchev–Trinajstić information content (AvgIpc) is 2.82. The molecule has 1 N–H and O–H groups in total. The predicted octanol–water partition coefficient (Wildman–Crippen LogP) is 6.63. The second-order valence-electron chi connectivity index (χ2n) is 9.12. The van der Waals surface area contributed by atoms with Crippen molar-refractivity contribution in [2.24, 2.45) is 11.8 Å². The number of nitrogens with zero attached hydrogens (tertiary/aromatic N) is 2. The number of alkyl halides is 1. The van der Waals surface area contributed by atoms with E-state index in [-0.39, 0.29) is 18.3 Å². The summed E-state index contributed by atoms with van der Waals surface area (Å²) in [5.41, 5.74) is 1.12. The van der Waals surface area contributed by atoms with Crippen LogP contribution in [0.25, 0.3) is 10.9 Å². The van der Waals surface area contributed by atoms with Gasteiger partial charge in [0.25, 0.3) is 0 Å². The maximum absolute atomic E-state index is 15.6. The van der Waals surface area contributed by atoms with E-state index in [9.17, 15) is 9.90 Å². The fraction of sp³-hybridized carbons (Fsp3) is 0.615. The minimum Gasteiger partial charge on any atom is -0.497 e. The number of pyridine rings is 1. The van der Waals surface area contributed by atoms with Gasteiger partial charge in [-0.05, 0) is 68.0 Å². The molecular formula is C26H36ClFN2O3S. The van der Waals surface area contributed by atoms with Crippen LogP contribution in [0, 0.1) is 11.8 Å². The van der Waals surface area contributed by atoms with Gasteiger partial charge in [-0.25, -0.2) is 4.39 Å². The minimum absolute atomic E-state index is 0.0452. The van der Waals surface area contributed by atoms with Gasteiger partial charge in [0.1, 0.15) is 11.9 Å². The Labute approximate surface area is 211 Å². The molecule has 2 aromatic rings. The van der Waals surface area contributed by atoms with E-state index in [4.69, 9.17) is 16.3 Å². The Hall–Kier alpha value is -1.57. The highest BCUT2D eigenvalue weighted by Gasteiger charge is 2.31. The lowest BCUT2D eigenvalue weighted by molar-refractivity contribution is -0.139.